The number of likely N-dealkylation sites (N-methyl/N-ethyl adjacent to an activating group) is 2. The van der Waals surface area contributed by atoms with Gasteiger partial charge in [0, 0.05) is 32.9 Å². The van der Waals surface area contributed by atoms with Gasteiger partial charge in [-0.2, -0.15) is 0 Å². The van der Waals surface area contributed by atoms with Gasteiger partial charge >= 0.3 is 0 Å². The molecule has 12 nitrogen and oxygen atoms in total. The molecular weight excluding hydrogens is 324 g/mol. The van der Waals surface area contributed by atoms with Crippen molar-refractivity contribution in [2.24, 2.45) is 5.73 Å². The van der Waals surface area contributed by atoms with Crippen LogP contribution in [0.3, 0.4) is 0 Å². The van der Waals surface area contributed by atoms with Crippen LogP contribution in [0, 0.1) is 10.1 Å². The largest absolute Gasteiger partial charge is 0.342 e. The van der Waals surface area contributed by atoms with Crippen molar-refractivity contribution in [2.75, 3.05) is 40.5 Å². The van der Waals surface area contributed by atoms with Crippen LogP contribution < -0.4 is 16.4 Å². The Morgan fingerprint density at radius 2 is 1.33 bits per heavy atom. The van der Waals surface area contributed by atoms with E-state index < -0.39 is 17.5 Å². The summed E-state index contributed by atoms with van der Waals surface area (Å²) in [6, 6.07) is 0. The number of rotatable bonds is 7. The predicted molar refractivity (Wildman–Crippen MR) is 83.8 cm³/mol. The highest BCUT2D eigenvalue weighted by Crippen LogP contribution is 1.82. The molecule has 4 N–H and O–H groups in total. The van der Waals surface area contributed by atoms with Gasteiger partial charge in [-0.05, 0) is 0 Å². The van der Waals surface area contributed by atoms with E-state index >= 15 is 0 Å². The van der Waals surface area contributed by atoms with E-state index in [1.807, 2.05) is 5.32 Å². The second-order valence-corrected chi connectivity index (χ2v) is 4.65. The van der Waals surface area contributed by atoms with Crippen molar-refractivity contribution in [2.45, 2.75) is 13.8 Å². The number of nitrogens with two attached hydrogens (primary N) is 1. The highest BCUT2D eigenvalue weighted by molar-refractivity contribution is 5.83. The Balaban J connectivity index is 0. The van der Waals surface area contributed by atoms with Crippen LogP contribution >= 0.6 is 0 Å². The molecular formula is C12H24N6O6. The Labute approximate surface area is 139 Å². The van der Waals surface area contributed by atoms with Crippen LogP contribution in [0.25, 0.3) is 0 Å². The monoisotopic (exact) mass is 348 g/mol. The highest BCUT2D eigenvalue weighted by atomic mass is 16.6. The van der Waals surface area contributed by atoms with Gasteiger partial charge in [0.1, 0.15) is 0 Å². The number of nitrogens with one attached hydrogen (secondary N) is 2. The maximum Gasteiger partial charge on any atom is 0.277 e. The fourth-order valence-electron chi connectivity index (χ4n) is 1.03. The van der Waals surface area contributed by atoms with Crippen LogP contribution in [0.5, 0.6) is 0 Å². The minimum atomic E-state index is -0.661. The van der Waals surface area contributed by atoms with Gasteiger partial charge in [0.2, 0.25) is 23.6 Å². The Morgan fingerprint density at radius 1 is 0.958 bits per heavy atom. The molecule has 0 aliphatic heterocycles. The van der Waals surface area contributed by atoms with Crippen LogP contribution in [-0.2, 0) is 19.2 Å². The zero-order chi connectivity index (χ0) is 19.3. The summed E-state index contributed by atoms with van der Waals surface area (Å²) in [5.74, 6) is -1.20. The smallest absolute Gasteiger partial charge is 0.277 e. The van der Waals surface area contributed by atoms with Crippen molar-refractivity contribution in [3.8, 4) is 0 Å². The summed E-state index contributed by atoms with van der Waals surface area (Å²) in [7, 11) is 2.99. The molecule has 0 unspecified atom stereocenters. The minimum absolute atomic E-state index is 0.0620. The molecule has 0 radical (unpaired) electrons. The van der Waals surface area contributed by atoms with Crippen molar-refractivity contribution < 1.29 is 24.1 Å². The molecule has 4 amide bonds. The third-order valence-electron chi connectivity index (χ3n) is 2.54. The van der Waals surface area contributed by atoms with E-state index in [0.29, 0.717) is 0 Å². The van der Waals surface area contributed by atoms with Gasteiger partial charge in [-0.1, -0.05) is 0 Å². The average Bonchev–Trinajstić information content (AvgIpc) is 2.45. The van der Waals surface area contributed by atoms with Crippen LogP contribution in [0.1, 0.15) is 13.8 Å². The molecule has 0 saturated carbocycles. The minimum Gasteiger partial charge on any atom is -0.342 e. The first-order valence-electron chi connectivity index (χ1n) is 6.79. The summed E-state index contributed by atoms with van der Waals surface area (Å²) in [6.45, 7) is 2.08. The maximum absolute atomic E-state index is 10.9. The van der Waals surface area contributed by atoms with E-state index in [1.54, 1.807) is 7.05 Å². The number of nitrogens with zero attached hydrogens (tertiary/aromatic N) is 3. The molecule has 0 bridgehead atoms. The first-order valence-corrected chi connectivity index (χ1v) is 6.79. The molecule has 0 aromatic rings. The molecule has 12 heteroatoms. The number of hydrogen-bond donors (Lipinski definition) is 3. The lowest BCUT2D eigenvalue weighted by Crippen LogP contribution is -2.39. The van der Waals surface area contributed by atoms with Crippen molar-refractivity contribution in [3.63, 3.8) is 0 Å². The zero-order valence-electron chi connectivity index (χ0n) is 14.2. The quantitative estimate of drug-likeness (QED) is 0.256. The first kappa shape index (κ1) is 23.5. The van der Waals surface area contributed by atoms with Crippen LogP contribution in [0.2, 0.25) is 0 Å². The number of carbonyl (C=O) groups is 4. The highest BCUT2D eigenvalue weighted by Gasteiger charge is 2.09. The zero-order valence-corrected chi connectivity index (χ0v) is 14.2. The van der Waals surface area contributed by atoms with E-state index in [-0.39, 0.29) is 37.5 Å². The van der Waals surface area contributed by atoms with E-state index in [4.69, 9.17) is 5.73 Å². The van der Waals surface area contributed by atoms with Gasteiger partial charge in [0.05, 0.1) is 19.8 Å². The average molecular weight is 348 g/mol. The fourth-order valence-corrected chi connectivity index (χ4v) is 1.03. The van der Waals surface area contributed by atoms with Crippen molar-refractivity contribution in [1.29, 1.82) is 0 Å². The van der Waals surface area contributed by atoms with Crippen LogP contribution in [0.4, 0.5) is 0 Å². The summed E-state index contributed by atoms with van der Waals surface area (Å²) in [5, 5.41) is 14.2. The van der Waals surface area contributed by atoms with Gasteiger partial charge in [0.25, 0.3) is 6.67 Å². The summed E-state index contributed by atoms with van der Waals surface area (Å²) >= 11 is 0. The standard InChI is InChI=1S/C6H11N3O4.C6H13N3O2/c1-5(10)8(2)3-6(11)7-4-9(12)13;1-5(10)9(2)3-6(11)8-4-7/h3-4H2,1-2H3,(H,7,11);3-4,7H2,1-2H3,(H,8,11). The molecule has 0 aliphatic carbocycles. The SMILES string of the molecule is CC(=O)N(C)CC(=O)NCN.CC(=O)N(C)CC(=O)NC[N+](=O)[O-]. The molecule has 24 heavy (non-hydrogen) atoms. The Bertz CT molecular complexity index is 469. The maximum atomic E-state index is 10.9. The number of hydrogen-bond acceptors (Lipinski definition) is 7. The Kier molecular flexibility index (Phi) is 12.5. The second kappa shape index (κ2) is 12.8. The summed E-state index contributed by atoms with van der Waals surface area (Å²) in [5.41, 5.74) is 5.05. The van der Waals surface area contributed by atoms with E-state index in [9.17, 15) is 29.3 Å². The summed E-state index contributed by atoms with van der Waals surface area (Å²) in [6.07, 6.45) is 0. The van der Waals surface area contributed by atoms with Gasteiger partial charge in [0.15, 0.2) is 0 Å². The van der Waals surface area contributed by atoms with E-state index in [0.717, 1.165) is 4.90 Å². The second-order valence-electron chi connectivity index (χ2n) is 4.65. The third kappa shape index (κ3) is 14.2. The van der Waals surface area contributed by atoms with Crippen LogP contribution in [0.15, 0.2) is 0 Å². The summed E-state index contributed by atoms with van der Waals surface area (Å²) < 4.78 is 0. The van der Waals surface area contributed by atoms with Gasteiger partial charge in [-0.3, -0.25) is 34.6 Å². The van der Waals surface area contributed by atoms with Crippen molar-refractivity contribution in [3.05, 3.63) is 10.1 Å². The molecule has 0 heterocycles. The van der Waals surface area contributed by atoms with E-state index in [2.05, 4.69) is 5.32 Å². The molecule has 0 rings (SSSR count). The van der Waals surface area contributed by atoms with Gasteiger partial charge < -0.3 is 20.9 Å². The number of nitro groups is 1. The van der Waals surface area contributed by atoms with Gasteiger partial charge in [-0.15, -0.1) is 0 Å². The third-order valence-corrected chi connectivity index (χ3v) is 2.54. The predicted octanol–water partition coefficient (Wildman–Crippen LogP) is -2.69. The lowest BCUT2D eigenvalue weighted by Gasteiger charge is -2.13. The molecule has 0 saturated heterocycles. The molecule has 0 spiro atoms. The van der Waals surface area contributed by atoms with E-state index in [1.165, 1.54) is 25.8 Å². The Hall–Kier alpha value is -2.76. The molecule has 0 aromatic heterocycles. The number of carbonyl (C=O) groups excluding carboxylic acids is 4. The lowest BCUT2D eigenvalue weighted by molar-refractivity contribution is -0.483. The molecule has 0 atom stereocenters. The van der Waals surface area contributed by atoms with Crippen molar-refractivity contribution in [1.82, 2.24) is 20.4 Å². The topological polar surface area (TPSA) is 168 Å². The Morgan fingerprint density at radius 3 is 1.62 bits per heavy atom. The normalized spacial score (nSPS) is 9.04. The molecule has 0 aliphatic rings. The molecule has 138 valence electrons. The van der Waals surface area contributed by atoms with Crippen molar-refractivity contribution >= 4 is 23.6 Å². The molecule has 0 fully saturated rings. The van der Waals surface area contributed by atoms with Crippen LogP contribution in [-0.4, -0.2) is 78.9 Å². The summed E-state index contributed by atoms with van der Waals surface area (Å²) in [4.78, 5) is 54.5. The van der Waals surface area contributed by atoms with Gasteiger partial charge in [-0.25, -0.2) is 0 Å². The molecule has 0 aromatic carbocycles. The lowest BCUT2D eigenvalue weighted by atomic mass is 10.5. The first-order chi connectivity index (χ1) is 11.0. The fraction of sp³-hybridized carbons (Fsp3) is 0.667. The number of amides is 4.